The van der Waals surface area contributed by atoms with Crippen molar-refractivity contribution in [1.82, 2.24) is 0 Å². The van der Waals surface area contributed by atoms with Gasteiger partial charge in [0, 0.05) is 23.6 Å². The minimum absolute atomic E-state index is 0.539. The molecule has 0 bridgehead atoms. The predicted octanol–water partition coefficient (Wildman–Crippen LogP) is 4.34. The Labute approximate surface area is 122 Å². The summed E-state index contributed by atoms with van der Waals surface area (Å²) in [5.41, 5.74) is 2.16. The number of rotatable bonds is 5. The van der Waals surface area contributed by atoms with Gasteiger partial charge in [-0.2, -0.15) is 0 Å². The van der Waals surface area contributed by atoms with E-state index in [0.29, 0.717) is 16.5 Å². The highest BCUT2D eigenvalue weighted by Gasteiger charge is 2.10. The van der Waals surface area contributed by atoms with E-state index in [-0.39, 0.29) is 0 Å². The Morgan fingerprint density at radius 2 is 1.95 bits per heavy atom. The number of anilines is 1. The zero-order valence-corrected chi connectivity index (χ0v) is 12.7. The average Bonchev–Trinajstić information content (AvgIpc) is 2.82. The van der Waals surface area contributed by atoms with Gasteiger partial charge in [-0.1, -0.05) is 11.6 Å². The Balaban J connectivity index is 2.21. The second kappa shape index (κ2) is 6.17. The monoisotopic (exact) mass is 297 g/mol. The largest absolute Gasteiger partial charge is 0.495 e. The zero-order chi connectivity index (χ0) is 13.8. The van der Waals surface area contributed by atoms with Crippen molar-refractivity contribution >= 4 is 28.6 Å². The molecule has 0 unspecified atom stereocenters. The molecule has 1 aromatic heterocycles. The second-order valence-corrected chi connectivity index (χ2v) is 5.48. The van der Waals surface area contributed by atoms with Crippen LogP contribution in [0.2, 0.25) is 5.02 Å². The van der Waals surface area contributed by atoms with Gasteiger partial charge >= 0.3 is 0 Å². The van der Waals surface area contributed by atoms with E-state index in [0.717, 1.165) is 12.2 Å². The molecule has 0 saturated heterocycles. The van der Waals surface area contributed by atoms with Crippen LogP contribution in [-0.2, 0) is 6.54 Å². The molecule has 102 valence electrons. The van der Waals surface area contributed by atoms with Crippen molar-refractivity contribution in [1.29, 1.82) is 0 Å². The number of halogens is 1. The van der Waals surface area contributed by atoms with Gasteiger partial charge in [-0.3, -0.25) is 0 Å². The van der Waals surface area contributed by atoms with Crippen LogP contribution in [0.15, 0.2) is 23.6 Å². The zero-order valence-electron chi connectivity index (χ0n) is 11.1. The first-order chi connectivity index (χ1) is 9.15. The SMILES string of the molecule is COc1cc(NCc2sccc2C)c(OC)cc1Cl. The Morgan fingerprint density at radius 1 is 1.21 bits per heavy atom. The summed E-state index contributed by atoms with van der Waals surface area (Å²) in [5.74, 6) is 1.34. The van der Waals surface area contributed by atoms with Crippen LogP contribution in [0.25, 0.3) is 0 Å². The molecule has 1 heterocycles. The second-order valence-electron chi connectivity index (χ2n) is 4.07. The van der Waals surface area contributed by atoms with Crippen molar-refractivity contribution in [2.45, 2.75) is 13.5 Å². The van der Waals surface area contributed by atoms with Gasteiger partial charge in [0.25, 0.3) is 0 Å². The summed E-state index contributed by atoms with van der Waals surface area (Å²) in [4.78, 5) is 1.30. The summed E-state index contributed by atoms with van der Waals surface area (Å²) >= 11 is 7.81. The first-order valence-corrected chi connectivity index (χ1v) is 7.09. The lowest BCUT2D eigenvalue weighted by atomic mass is 10.2. The fraction of sp³-hybridized carbons (Fsp3) is 0.286. The van der Waals surface area contributed by atoms with E-state index in [1.165, 1.54) is 10.4 Å². The lowest BCUT2D eigenvalue weighted by Crippen LogP contribution is -2.01. The molecule has 0 radical (unpaired) electrons. The first-order valence-electron chi connectivity index (χ1n) is 5.84. The molecular formula is C14H16ClNO2S. The van der Waals surface area contributed by atoms with Crippen LogP contribution in [0.3, 0.4) is 0 Å². The number of aryl methyl sites for hydroxylation is 1. The van der Waals surface area contributed by atoms with Gasteiger partial charge in [-0.05, 0) is 23.9 Å². The number of hydrogen-bond acceptors (Lipinski definition) is 4. The standard InChI is InChI=1S/C14H16ClNO2S/c1-9-4-5-19-14(9)8-16-11-7-12(17-2)10(15)6-13(11)18-3/h4-7,16H,8H2,1-3H3. The van der Waals surface area contributed by atoms with Crippen molar-refractivity contribution in [2.24, 2.45) is 0 Å². The molecule has 3 nitrogen and oxygen atoms in total. The molecule has 0 saturated carbocycles. The van der Waals surface area contributed by atoms with Crippen molar-refractivity contribution in [3.05, 3.63) is 39.0 Å². The molecule has 0 spiro atoms. The van der Waals surface area contributed by atoms with Crippen LogP contribution >= 0.6 is 22.9 Å². The molecule has 0 aliphatic rings. The average molecular weight is 298 g/mol. The van der Waals surface area contributed by atoms with Gasteiger partial charge < -0.3 is 14.8 Å². The molecule has 0 amide bonds. The van der Waals surface area contributed by atoms with Gasteiger partial charge in [-0.15, -0.1) is 11.3 Å². The third kappa shape index (κ3) is 3.14. The molecule has 19 heavy (non-hydrogen) atoms. The normalized spacial score (nSPS) is 10.3. The van der Waals surface area contributed by atoms with E-state index in [1.807, 2.05) is 6.07 Å². The molecule has 0 aliphatic heterocycles. The van der Waals surface area contributed by atoms with E-state index < -0.39 is 0 Å². The van der Waals surface area contributed by atoms with Crippen LogP contribution in [-0.4, -0.2) is 14.2 Å². The number of hydrogen-bond donors (Lipinski definition) is 1. The molecule has 2 aromatic rings. The smallest absolute Gasteiger partial charge is 0.143 e. The minimum Gasteiger partial charge on any atom is -0.495 e. The van der Waals surface area contributed by atoms with Gasteiger partial charge in [0.2, 0.25) is 0 Å². The van der Waals surface area contributed by atoms with E-state index >= 15 is 0 Å². The fourth-order valence-electron chi connectivity index (χ4n) is 1.76. The van der Waals surface area contributed by atoms with Crippen LogP contribution in [0, 0.1) is 6.92 Å². The summed E-state index contributed by atoms with van der Waals surface area (Å²) in [7, 11) is 3.22. The molecule has 0 fully saturated rings. The third-order valence-electron chi connectivity index (χ3n) is 2.88. The lowest BCUT2D eigenvalue weighted by molar-refractivity contribution is 0.404. The first kappa shape index (κ1) is 14.0. The summed E-state index contributed by atoms with van der Waals surface area (Å²) < 4.78 is 10.5. The topological polar surface area (TPSA) is 30.5 Å². The summed E-state index contributed by atoms with van der Waals surface area (Å²) in [6, 6.07) is 5.72. The maximum absolute atomic E-state index is 6.07. The fourth-order valence-corrected chi connectivity index (χ4v) is 2.84. The number of ether oxygens (including phenoxy) is 2. The number of nitrogens with one attached hydrogen (secondary N) is 1. The van der Waals surface area contributed by atoms with Crippen LogP contribution in [0.1, 0.15) is 10.4 Å². The van der Waals surface area contributed by atoms with Gasteiger partial charge in [-0.25, -0.2) is 0 Å². The van der Waals surface area contributed by atoms with Gasteiger partial charge in [0.1, 0.15) is 11.5 Å². The maximum Gasteiger partial charge on any atom is 0.143 e. The van der Waals surface area contributed by atoms with Crippen molar-refractivity contribution in [3.63, 3.8) is 0 Å². The Kier molecular flexibility index (Phi) is 4.56. The molecule has 2 rings (SSSR count). The molecule has 1 N–H and O–H groups in total. The van der Waals surface area contributed by atoms with Crippen molar-refractivity contribution in [3.8, 4) is 11.5 Å². The van der Waals surface area contributed by atoms with E-state index in [1.54, 1.807) is 31.6 Å². The summed E-state index contributed by atoms with van der Waals surface area (Å²) in [6.07, 6.45) is 0. The summed E-state index contributed by atoms with van der Waals surface area (Å²) in [5, 5.41) is 5.98. The molecular weight excluding hydrogens is 282 g/mol. The Bertz CT molecular complexity index is 569. The van der Waals surface area contributed by atoms with Gasteiger partial charge in [0.05, 0.1) is 24.9 Å². The van der Waals surface area contributed by atoms with Crippen LogP contribution in [0.5, 0.6) is 11.5 Å². The highest BCUT2D eigenvalue weighted by molar-refractivity contribution is 7.10. The Morgan fingerprint density at radius 3 is 2.53 bits per heavy atom. The molecule has 5 heteroatoms. The van der Waals surface area contributed by atoms with Crippen LogP contribution in [0.4, 0.5) is 5.69 Å². The highest BCUT2D eigenvalue weighted by atomic mass is 35.5. The minimum atomic E-state index is 0.539. The van der Waals surface area contributed by atoms with Crippen molar-refractivity contribution in [2.75, 3.05) is 19.5 Å². The van der Waals surface area contributed by atoms with E-state index in [4.69, 9.17) is 21.1 Å². The van der Waals surface area contributed by atoms with Gasteiger partial charge in [0.15, 0.2) is 0 Å². The Hall–Kier alpha value is -1.39. The van der Waals surface area contributed by atoms with E-state index in [9.17, 15) is 0 Å². The highest BCUT2D eigenvalue weighted by Crippen LogP contribution is 2.36. The third-order valence-corrected chi connectivity index (χ3v) is 4.20. The number of thiophene rings is 1. The molecule has 0 aliphatic carbocycles. The quantitative estimate of drug-likeness (QED) is 0.890. The lowest BCUT2D eigenvalue weighted by Gasteiger charge is -2.13. The maximum atomic E-state index is 6.07. The number of benzene rings is 1. The van der Waals surface area contributed by atoms with Crippen LogP contribution < -0.4 is 14.8 Å². The molecule has 1 aromatic carbocycles. The summed E-state index contributed by atoms with van der Waals surface area (Å²) in [6.45, 7) is 2.86. The van der Waals surface area contributed by atoms with Crippen molar-refractivity contribution < 1.29 is 9.47 Å². The molecule has 0 atom stereocenters. The predicted molar refractivity (Wildman–Crippen MR) is 80.9 cm³/mol. The van der Waals surface area contributed by atoms with E-state index in [2.05, 4.69) is 23.7 Å². The number of methoxy groups -OCH3 is 2.